The number of para-hydroxylation sites is 2. The number of nitrogens with zero attached hydrogens (tertiary/aromatic N) is 2. The average molecular weight is 636 g/mol. The molecule has 11 nitrogen and oxygen atoms in total. The van der Waals surface area contributed by atoms with Crippen LogP contribution in [0.15, 0.2) is 58.3 Å². The molecule has 1 aromatic heterocycles. The zero-order chi connectivity index (χ0) is 33.0. The molecule has 1 heterocycles. The fourth-order valence-corrected chi connectivity index (χ4v) is 5.32. The molecule has 1 atom stereocenters. The van der Waals surface area contributed by atoms with Gasteiger partial charge in [0.05, 0.1) is 56.9 Å². The Hall–Kier alpha value is -3.99. The standard InChI is InChI=1S/C27H31N3O7S2.C2H6.CH4O/c1-6-10-22(14-13-21(7-2)37-16-26(31)32)39(34,35)30-24-12-9-8-11-23(24)29-18-38(33)17-25-20(4)27(36-5)19(3)15-28-25;2*1-2/h1,8-9,11-15,18,30H,7,10,16-17H2,2-5H3,(H,31,32);1-2H3;2H,1H3/b21-13+,22-14+,29-18?;;. The first-order valence-electron chi connectivity index (χ1n) is 13.2. The number of aryl methyl sites for hydroxylation is 1. The molecule has 0 radical (unpaired) electrons. The highest BCUT2D eigenvalue weighted by Gasteiger charge is 2.18. The van der Waals surface area contributed by atoms with Crippen LogP contribution in [0.5, 0.6) is 5.75 Å². The molecule has 0 bridgehead atoms. The summed E-state index contributed by atoms with van der Waals surface area (Å²) >= 11 is 0. The lowest BCUT2D eigenvalue weighted by Crippen LogP contribution is -2.15. The quantitative estimate of drug-likeness (QED) is 0.0852. The summed E-state index contributed by atoms with van der Waals surface area (Å²) in [5.41, 5.74) is 3.89. The predicted molar refractivity (Wildman–Crippen MR) is 172 cm³/mol. The van der Waals surface area contributed by atoms with E-state index in [1.807, 2.05) is 27.7 Å². The monoisotopic (exact) mass is 635 g/mol. The summed E-state index contributed by atoms with van der Waals surface area (Å²) in [6.45, 7) is 8.89. The van der Waals surface area contributed by atoms with Crippen molar-refractivity contribution in [2.45, 2.75) is 53.2 Å². The van der Waals surface area contributed by atoms with E-state index in [1.165, 1.54) is 23.8 Å². The molecule has 0 saturated carbocycles. The second kappa shape index (κ2) is 20.8. The van der Waals surface area contributed by atoms with Crippen LogP contribution in [-0.2, 0) is 36.1 Å². The van der Waals surface area contributed by atoms with Gasteiger partial charge in [-0.05, 0) is 38.1 Å². The molecule has 2 rings (SSSR count). The summed E-state index contributed by atoms with van der Waals surface area (Å²) < 4.78 is 52.0. The van der Waals surface area contributed by atoms with Crippen molar-refractivity contribution in [1.82, 2.24) is 4.98 Å². The van der Waals surface area contributed by atoms with E-state index < -0.39 is 33.4 Å². The molecule has 3 N–H and O–H groups in total. The molecular formula is C30H41N3O8S2. The van der Waals surface area contributed by atoms with Crippen molar-refractivity contribution in [2.24, 2.45) is 4.99 Å². The van der Waals surface area contributed by atoms with Gasteiger partial charge in [-0.25, -0.2) is 18.2 Å². The van der Waals surface area contributed by atoms with Crippen molar-refractivity contribution in [3.63, 3.8) is 0 Å². The largest absolute Gasteiger partial charge is 0.496 e. The Morgan fingerprint density at radius 3 is 2.44 bits per heavy atom. The third-order valence-corrected chi connectivity index (χ3v) is 7.65. The van der Waals surface area contributed by atoms with E-state index in [0.717, 1.165) is 18.2 Å². The third-order valence-electron chi connectivity index (χ3n) is 5.29. The summed E-state index contributed by atoms with van der Waals surface area (Å²) in [4.78, 5) is 19.2. The number of pyridine rings is 1. The third kappa shape index (κ3) is 13.2. The minimum absolute atomic E-state index is 0.102. The number of methoxy groups -OCH3 is 1. The van der Waals surface area contributed by atoms with Gasteiger partial charge in [0.25, 0.3) is 10.0 Å². The highest BCUT2D eigenvalue weighted by Crippen LogP contribution is 2.28. The summed E-state index contributed by atoms with van der Waals surface area (Å²) in [6.07, 6.45) is 9.81. The van der Waals surface area contributed by atoms with E-state index in [9.17, 15) is 17.4 Å². The molecule has 0 aliphatic heterocycles. The Bertz CT molecular complexity index is 1460. The molecule has 13 heteroatoms. The second-order valence-electron chi connectivity index (χ2n) is 8.11. The molecule has 1 aromatic carbocycles. The van der Waals surface area contributed by atoms with Gasteiger partial charge in [-0.2, -0.15) is 0 Å². The van der Waals surface area contributed by atoms with Crippen LogP contribution in [-0.4, -0.2) is 60.2 Å². The Morgan fingerprint density at radius 2 is 1.86 bits per heavy atom. The number of rotatable bonds is 14. The summed E-state index contributed by atoms with van der Waals surface area (Å²) in [5, 5.41) is 15.8. The van der Waals surface area contributed by atoms with Crippen molar-refractivity contribution < 1.29 is 37.1 Å². The summed E-state index contributed by atoms with van der Waals surface area (Å²) in [6, 6.07) is 6.38. The number of hydrogen-bond donors (Lipinski definition) is 3. The summed E-state index contributed by atoms with van der Waals surface area (Å²) in [5.74, 6) is 2.22. The summed E-state index contributed by atoms with van der Waals surface area (Å²) in [7, 11) is -3.10. The predicted octanol–water partition coefficient (Wildman–Crippen LogP) is 4.99. The lowest BCUT2D eigenvalue weighted by Gasteiger charge is -2.12. The SMILES string of the molecule is C#CC/C(=C\C=C(/CC)OCC(=O)O)S(=O)(=O)Nc1ccccc1N=CS(=O)Cc1ncc(C)c(OC)c1C.CC.CO. The van der Waals surface area contributed by atoms with E-state index in [0.29, 0.717) is 17.9 Å². The number of aliphatic hydroxyl groups excluding tert-OH is 1. The molecule has 0 aliphatic carbocycles. The zero-order valence-corrected chi connectivity index (χ0v) is 27.2. The van der Waals surface area contributed by atoms with Crippen molar-refractivity contribution in [3.05, 3.63) is 70.1 Å². The zero-order valence-electron chi connectivity index (χ0n) is 25.6. The number of aliphatic hydroxyl groups is 1. The van der Waals surface area contributed by atoms with Gasteiger partial charge >= 0.3 is 5.97 Å². The molecule has 0 spiro atoms. The number of carbonyl (C=O) groups is 1. The van der Waals surface area contributed by atoms with Gasteiger partial charge in [-0.1, -0.05) is 32.9 Å². The van der Waals surface area contributed by atoms with Crippen LogP contribution in [0, 0.1) is 26.2 Å². The van der Waals surface area contributed by atoms with Gasteiger partial charge in [0.2, 0.25) is 0 Å². The fourth-order valence-electron chi connectivity index (χ4n) is 3.34. The minimum Gasteiger partial charge on any atom is -0.496 e. The van der Waals surface area contributed by atoms with Gasteiger partial charge in [-0.3, -0.25) is 13.9 Å². The maximum atomic E-state index is 13.1. The number of ether oxygens (including phenoxy) is 2. The van der Waals surface area contributed by atoms with Gasteiger partial charge in [-0.15, -0.1) is 12.3 Å². The molecule has 43 heavy (non-hydrogen) atoms. The van der Waals surface area contributed by atoms with E-state index in [4.69, 9.17) is 26.1 Å². The molecule has 0 aliphatic rings. The number of allylic oxidation sites excluding steroid dienone is 4. The number of aliphatic imine (C=N–C) groups is 1. The lowest BCUT2D eigenvalue weighted by atomic mass is 10.1. The van der Waals surface area contributed by atoms with Gasteiger partial charge in [0.1, 0.15) is 5.75 Å². The number of hydrogen-bond acceptors (Lipinski definition) is 9. The number of terminal acetylenes is 1. The van der Waals surface area contributed by atoms with Gasteiger partial charge in [0.15, 0.2) is 6.61 Å². The first-order chi connectivity index (χ1) is 20.5. The average Bonchev–Trinajstić information content (AvgIpc) is 2.99. The van der Waals surface area contributed by atoms with Crippen molar-refractivity contribution in [3.8, 4) is 18.1 Å². The number of aliphatic carboxylic acids is 1. The number of carboxylic acids is 1. The maximum absolute atomic E-state index is 13.1. The van der Waals surface area contributed by atoms with E-state index in [-0.39, 0.29) is 34.2 Å². The molecular weight excluding hydrogens is 594 g/mol. The number of benzene rings is 1. The number of sulfonamides is 1. The Labute approximate surface area is 257 Å². The molecule has 1 unspecified atom stereocenters. The molecule has 236 valence electrons. The number of nitrogens with one attached hydrogen (secondary N) is 1. The lowest BCUT2D eigenvalue weighted by molar-refractivity contribution is -0.140. The molecule has 0 amide bonds. The van der Waals surface area contributed by atoms with Gasteiger partial charge < -0.3 is 19.7 Å². The molecule has 0 saturated heterocycles. The maximum Gasteiger partial charge on any atom is 0.341 e. The topological polar surface area (TPSA) is 164 Å². The van der Waals surface area contributed by atoms with E-state index in [1.54, 1.807) is 38.4 Å². The van der Waals surface area contributed by atoms with Crippen LogP contribution in [0.1, 0.15) is 50.4 Å². The van der Waals surface area contributed by atoms with Crippen molar-refractivity contribution in [2.75, 3.05) is 25.5 Å². The number of anilines is 1. The first-order valence-corrected chi connectivity index (χ1v) is 16.0. The van der Waals surface area contributed by atoms with Gasteiger partial charge in [0, 0.05) is 37.3 Å². The number of aromatic nitrogens is 1. The minimum atomic E-state index is -4.12. The molecule has 0 fully saturated rings. The Kier molecular flexibility index (Phi) is 18.9. The van der Waals surface area contributed by atoms with Crippen LogP contribution in [0.2, 0.25) is 0 Å². The van der Waals surface area contributed by atoms with Crippen LogP contribution in [0.3, 0.4) is 0 Å². The Morgan fingerprint density at radius 1 is 1.21 bits per heavy atom. The highest BCUT2D eigenvalue weighted by atomic mass is 32.2. The first kappa shape index (κ1) is 39.0. The van der Waals surface area contributed by atoms with Crippen LogP contribution in [0.25, 0.3) is 0 Å². The van der Waals surface area contributed by atoms with E-state index in [2.05, 4.69) is 20.6 Å². The smallest absolute Gasteiger partial charge is 0.341 e. The van der Waals surface area contributed by atoms with Crippen molar-refractivity contribution in [1.29, 1.82) is 0 Å². The normalized spacial score (nSPS) is 12.2. The second-order valence-corrected chi connectivity index (χ2v) is 11.1. The van der Waals surface area contributed by atoms with E-state index >= 15 is 0 Å². The number of carboxylic acid groups (broad SMARTS) is 1. The highest BCUT2D eigenvalue weighted by molar-refractivity contribution is 7.97. The van der Waals surface area contributed by atoms with Crippen LogP contribution >= 0.6 is 0 Å². The molecule has 2 aromatic rings. The Balaban J connectivity index is 0.00000422. The van der Waals surface area contributed by atoms with Crippen LogP contribution in [0.4, 0.5) is 11.4 Å². The van der Waals surface area contributed by atoms with Crippen LogP contribution < -0.4 is 9.46 Å². The fraction of sp³-hybridized carbons (Fsp3) is 0.367. The van der Waals surface area contributed by atoms with Crippen molar-refractivity contribution >= 4 is 43.7 Å².